The Balaban J connectivity index is 1.87. The molecule has 1 saturated heterocycles. The van der Waals surface area contributed by atoms with E-state index in [4.69, 9.17) is 4.74 Å². The number of ketones is 1. The Labute approximate surface area is 193 Å². The first-order chi connectivity index (χ1) is 15.8. The number of ether oxygens (including phenoxy) is 1. The lowest BCUT2D eigenvalue weighted by atomic mass is 9.93. The van der Waals surface area contributed by atoms with E-state index in [-0.39, 0.29) is 11.3 Å². The number of benzene rings is 2. The summed E-state index contributed by atoms with van der Waals surface area (Å²) in [5.74, 6) is -0.764. The maximum Gasteiger partial charge on any atom is 0.295 e. The van der Waals surface area contributed by atoms with Crippen molar-refractivity contribution in [3.05, 3.63) is 70.9 Å². The van der Waals surface area contributed by atoms with Gasteiger partial charge in [-0.25, -0.2) is 0 Å². The molecule has 0 saturated carbocycles. The number of carbonyl (C=O) groups excluding carboxylic acids is 2. The third kappa shape index (κ3) is 4.12. The first-order valence-electron chi connectivity index (χ1n) is 11.0. The van der Waals surface area contributed by atoms with Crippen LogP contribution in [0.25, 0.3) is 16.7 Å². The van der Waals surface area contributed by atoms with Crippen LogP contribution < -0.4 is 4.74 Å². The highest BCUT2D eigenvalue weighted by Crippen LogP contribution is 2.42. The molecule has 1 amide bonds. The van der Waals surface area contributed by atoms with Gasteiger partial charge in [-0.3, -0.25) is 9.59 Å². The lowest BCUT2D eigenvalue weighted by molar-refractivity contribution is -0.139. The zero-order valence-corrected chi connectivity index (χ0v) is 19.4. The number of fused-ring (bicyclic) bond motifs is 1. The van der Waals surface area contributed by atoms with E-state index < -0.39 is 17.7 Å². The van der Waals surface area contributed by atoms with Crippen LogP contribution in [0.2, 0.25) is 0 Å². The molecular weight excluding hydrogens is 418 g/mol. The molecule has 3 aromatic rings. The lowest BCUT2D eigenvalue weighted by Crippen LogP contribution is -2.32. The van der Waals surface area contributed by atoms with Crippen LogP contribution in [0.15, 0.2) is 54.2 Å². The first-order valence-corrected chi connectivity index (χ1v) is 11.0. The van der Waals surface area contributed by atoms with Gasteiger partial charge in [-0.15, -0.1) is 0 Å². The van der Waals surface area contributed by atoms with E-state index >= 15 is 0 Å². The van der Waals surface area contributed by atoms with Crippen molar-refractivity contribution < 1.29 is 19.4 Å². The SMILES string of the molecule is COc1ccc(/C(O)=C2\C(=O)C(=O)N(CCCN(C)C)C2c2c[nH]c3ccccc23)c(C)c1. The van der Waals surface area contributed by atoms with Crippen LogP contribution in [0.1, 0.15) is 29.2 Å². The number of likely N-dealkylation sites (tertiary alicyclic amines) is 1. The second kappa shape index (κ2) is 9.11. The van der Waals surface area contributed by atoms with Crippen molar-refractivity contribution in [1.29, 1.82) is 0 Å². The number of aliphatic hydroxyl groups is 1. The fourth-order valence-electron chi connectivity index (χ4n) is 4.49. The van der Waals surface area contributed by atoms with Crippen LogP contribution in [0, 0.1) is 6.92 Å². The molecule has 1 aliphatic heterocycles. The van der Waals surface area contributed by atoms with Crippen molar-refractivity contribution in [3.8, 4) is 5.75 Å². The molecule has 7 heteroatoms. The molecule has 1 unspecified atom stereocenters. The molecule has 7 nitrogen and oxygen atoms in total. The quantitative estimate of drug-likeness (QED) is 0.326. The summed E-state index contributed by atoms with van der Waals surface area (Å²) in [5.41, 5.74) is 3.08. The highest BCUT2D eigenvalue weighted by atomic mass is 16.5. The Morgan fingerprint density at radius 3 is 2.64 bits per heavy atom. The molecule has 0 radical (unpaired) electrons. The van der Waals surface area contributed by atoms with Gasteiger partial charge in [-0.05, 0) is 63.8 Å². The van der Waals surface area contributed by atoms with Crippen molar-refractivity contribution in [2.75, 3.05) is 34.3 Å². The van der Waals surface area contributed by atoms with Crippen LogP contribution >= 0.6 is 0 Å². The number of hydrogen-bond acceptors (Lipinski definition) is 5. The molecule has 4 rings (SSSR count). The third-order valence-corrected chi connectivity index (χ3v) is 6.15. The summed E-state index contributed by atoms with van der Waals surface area (Å²) in [6.07, 6.45) is 2.54. The zero-order chi connectivity index (χ0) is 23.7. The van der Waals surface area contributed by atoms with Crippen LogP contribution in [0.4, 0.5) is 0 Å². The number of nitrogens with zero attached hydrogens (tertiary/aromatic N) is 2. The zero-order valence-electron chi connectivity index (χ0n) is 19.4. The molecule has 33 heavy (non-hydrogen) atoms. The number of amides is 1. The van der Waals surface area contributed by atoms with Crippen LogP contribution in [-0.2, 0) is 9.59 Å². The van der Waals surface area contributed by atoms with Gasteiger partial charge in [0.15, 0.2) is 0 Å². The number of H-pyrrole nitrogens is 1. The molecule has 2 heterocycles. The number of methoxy groups -OCH3 is 1. The van der Waals surface area contributed by atoms with Gasteiger partial charge in [0.25, 0.3) is 11.7 Å². The number of aryl methyl sites for hydroxylation is 1. The monoisotopic (exact) mass is 447 g/mol. The third-order valence-electron chi connectivity index (χ3n) is 6.15. The summed E-state index contributed by atoms with van der Waals surface area (Å²) in [4.78, 5) is 33.3. The van der Waals surface area contributed by atoms with Gasteiger partial charge in [0.1, 0.15) is 11.5 Å². The normalized spacial score (nSPS) is 18.0. The van der Waals surface area contributed by atoms with Crippen molar-refractivity contribution >= 4 is 28.4 Å². The summed E-state index contributed by atoms with van der Waals surface area (Å²) in [7, 11) is 5.51. The van der Waals surface area contributed by atoms with E-state index in [1.54, 1.807) is 30.2 Å². The molecule has 1 aliphatic rings. The standard InChI is InChI=1S/C26H29N3O4/c1-16-14-17(33-4)10-11-18(16)24(30)22-23(20-15-27-21-9-6-5-8-19(20)21)29(26(32)25(22)31)13-7-12-28(2)3/h5-6,8-11,14-15,23,27,30H,7,12-13H2,1-4H3/b24-22+. The Kier molecular flexibility index (Phi) is 6.24. The average Bonchev–Trinajstić information content (AvgIpc) is 3.32. The minimum absolute atomic E-state index is 0.114. The Hall–Kier alpha value is -3.58. The van der Waals surface area contributed by atoms with Gasteiger partial charge in [0, 0.05) is 34.8 Å². The van der Waals surface area contributed by atoms with Crippen LogP contribution in [-0.4, -0.2) is 65.9 Å². The van der Waals surface area contributed by atoms with Gasteiger partial charge in [0.05, 0.1) is 18.7 Å². The van der Waals surface area contributed by atoms with Gasteiger partial charge >= 0.3 is 0 Å². The van der Waals surface area contributed by atoms with Crippen molar-refractivity contribution in [2.45, 2.75) is 19.4 Å². The number of aromatic amines is 1. The van der Waals surface area contributed by atoms with E-state index in [1.165, 1.54) is 0 Å². The van der Waals surface area contributed by atoms with E-state index in [9.17, 15) is 14.7 Å². The van der Waals surface area contributed by atoms with Gasteiger partial charge in [-0.1, -0.05) is 18.2 Å². The predicted molar refractivity (Wildman–Crippen MR) is 128 cm³/mol. The maximum atomic E-state index is 13.2. The lowest BCUT2D eigenvalue weighted by Gasteiger charge is -2.25. The Bertz CT molecular complexity index is 1240. The van der Waals surface area contributed by atoms with Crippen molar-refractivity contribution in [3.63, 3.8) is 0 Å². The molecule has 0 aliphatic carbocycles. The molecule has 2 N–H and O–H groups in total. The maximum absolute atomic E-state index is 13.2. The fraction of sp³-hybridized carbons (Fsp3) is 0.308. The second-order valence-electron chi connectivity index (χ2n) is 8.62. The highest BCUT2D eigenvalue weighted by Gasteiger charge is 2.46. The molecule has 2 aromatic carbocycles. The Morgan fingerprint density at radius 1 is 1.18 bits per heavy atom. The van der Waals surface area contributed by atoms with Gasteiger partial charge in [0.2, 0.25) is 0 Å². The Morgan fingerprint density at radius 2 is 1.94 bits per heavy atom. The fourth-order valence-corrected chi connectivity index (χ4v) is 4.49. The molecule has 172 valence electrons. The topological polar surface area (TPSA) is 85.9 Å². The summed E-state index contributed by atoms with van der Waals surface area (Å²) < 4.78 is 5.27. The molecule has 1 fully saturated rings. The average molecular weight is 448 g/mol. The number of nitrogens with one attached hydrogen (secondary N) is 1. The molecular formula is C26H29N3O4. The van der Waals surface area contributed by atoms with Crippen LogP contribution in [0.5, 0.6) is 5.75 Å². The van der Waals surface area contributed by atoms with Crippen LogP contribution in [0.3, 0.4) is 0 Å². The minimum atomic E-state index is -0.676. The highest BCUT2D eigenvalue weighted by molar-refractivity contribution is 6.46. The summed E-state index contributed by atoms with van der Waals surface area (Å²) in [6, 6.07) is 12.3. The molecule has 0 spiro atoms. The predicted octanol–water partition coefficient (Wildman–Crippen LogP) is 3.86. The summed E-state index contributed by atoms with van der Waals surface area (Å²) in [5, 5.41) is 12.3. The second-order valence-corrected chi connectivity index (χ2v) is 8.62. The number of carbonyl (C=O) groups is 2. The summed E-state index contributed by atoms with van der Waals surface area (Å²) >= 11 is 0. The van der Waals surface area contributed by atoms with E-state index in [0.29, 0.717) is 24.3 Å². The van der Waals surface area contributed by atoms with Crippen molar-refractivity contribution in [1.82, 2.24) is 14.8 Å². The van der Waals surface area contributed by atoms with Crippen molar-refractivity contribution in [2.24, 2.45) is 0 Å². The largest absolute Gasteiger partial charge is 0.507 e. The number of hydrogen-bond donors (Lipinski definition) is 2. The first kappa shape index (κ1) is 22.6. The number of para-hydroxylation sites is 1. The number of aromatic nitrogens is 1. The molecule has 0 bridgehead atoms. The number of aliphatic hydroxyl groups excluding tert-OH is 1. The number of Topliss-reactive ketones (excluding diaryl/α,β-unsaturated/α-hetero) is 1. The minimum Gasteiger partial charge on any atom is -0.507 e. The summed E-state index contributed by atoms with van der Waals surface area (Å²) in [6.45, 7) is 3.03. The van der Waals surface area contributed by atoms with E-state index in [2.05, 4.69) is 4.98 Å². The van der Waals surface area contributed by atoms with Gasteiger partial charge < -0.3 is 24.6 Å². The van der Waals surface area contributed by atoms with E-state index in [0.717, 1.165) is 28.6 Å². The van der Waals surface area contributed by atoms with Gasteiger partial charge in [-0.2, -0.15) is 0 Å². The van der Waals surface area contributed by atoms with E-state index in [1.807, 2.05) is 56.4 Å². The molecule has 1 aromatic heterocycles. The number of rotatable bonds is 7. The molecule has 1 atom stereocenters. The smallest absolute Gasteiger partial charge is 0.295 e.